The molecule has 7 nitrogen and oxygen atoms in total. The summed E-state index contributed by atoms with van der Waals surface area (Å²) in [6.45, 7) is 0. The number of rotatable bonds is 6. The number of fused-ring (bicyclic) bond motifs is 1. The molecule has 4 aromatic rings. The van der Waals surface area contributed by atoms with Gasteiger partial charge in [-0.2, -0.15) is 0 Å². The van der Waals surface area contributed by atoms with Gasteiger partial charge in [-0.15, -0.1) is 0 Å². The van der Waals surface area contributed by atoms with Crippen molar-refractivity contribution in [2.24, 2.45) is 0 Å². The zero-order chi connectivity index (χ0) is 21.1. The largest absolute Gasteiger partial charge is 0.479 e. The fraction of sp³-hybridized carbons (Fsp3) is 0.136. The van der Waals surface area contributed by atoms with E-state index in [2.05, 4.69) is 5.16 Å². The zero-order valence-corrected chi connectivity index (χ0v) is 16.6. The van der Waals surface area contributed by atoms with Gasteiger partial charge in [0.25, 0.3) is 5.88 Å². The van der Waals surface area contributed by atoms with Crippen molar-refractivity contribution >= 4 is 28.5 Å². The smallest absolute Gasteiger partial charge is 0.311 e. The topological polar surface area (TPSA) is 91.8 Å². The van der Waals surface area contributed by atoms with Crippen LogP contribution in [-0.2, 0) is 11.2 Å². The normalized spacial score (nSPS) is 10.9. The van der Waals surface area contributed by atoms with Crippen LogP contribution in [0.3, 0.4) is 0 Å². The summed E-state index contributed by atoms with van der Waals surface area (Å²) in [5, 5.41) is 4.64. The van der Waals surface area contributed by atoms with Gasteiger partial charge in [0, 0.05) is 23.6 Å². The van der Waals surface area contributed by atoms with E-state index in [1.807, 2.05) is 0 Å². The first kappa shape index (κ1) is 19.7. The number of nitrogens with zero attached hydrogens (tertiary/aromatic N) is 1. The molecule has 0 saturated heterocycles. The van der Waals surface area contributed by atoms with Gasteiger partial charge in [-0.05, 0) is 35.0 Å². The Morgan fingerprint density at radius 2 is 1.93 bits per heavy atom. The van der Waals surface area contributed by atoms with E-state index in [0.717, 1.165) is 0 Å². The first-order valence-corrected chi connectivity index (χ1v) is 9.43. The van der Waals surface area contributed by atoms with Crippen LogP contribution in [0.4, 0.5) is 0 Å². The molecule has 0 aliphatic rings. The van der Waals surface area contributed by atoms with Gasteiger partial charge in [0.05, 0.1) is 24.5 Å². The molecule has 0 aliphatic heterocycles. The quantitative estimate of drug-likeness (QED) is 0.328. The number of halogens is 1. The summed E-state index contributed by atoms with van der Waals surface area (Å²) in [5.74, 6) is 0.693. The molecular weight excluding hydrogens is 410 g/mol. The lowest BCUT2D eigenvalue weighted by atomic mass is 10.1. The number of hydrogen-bond donors (Lipinski definition) is 0. The maximum atomic E-state index is 12.8. The molecule has 0 N–H and O–H groups in total. The lowest BCUT2D eigenvalue weighted by molar-refractivity contribution is -0.134. The van der Waals surface area contributed by atoms with Crippen LogP contribution in [0.15, 0.2) is 68.5 Å². The van der Waals surface area contributed by atoms with Gasteiger partial charge < -0.3 is 18.4 Å². The lowest BCUT2D eigenvalue weighted by Crippen LogP contribution is -2.09. The maximum absolute atomic E-state index is 12.8. The monoisotopic (exact) mass is 425 g/mol. The van der Waals surface area contributed by atoms with Gasteiger partial charge in [-0.1, -0.05) is 23.7 Å². The maximum Gasteiger partial charge on any atom is 0.311 e. The molecule has 8 heteroatoms. The number of ether oxygens (including phenoxy) is 2. The molecule has 0 unspecified atom stereocenters. The van der Waals surface area contributed by atoms with E-state index < -0.39 is 5.97 Å². The third kappa shape index (κ3) is 4.21. The van der Waals surface area contributed by atoms with Crippen LogP contribution in [-0.4, -0.2) is 18.2 Å². The minimum absolute atomic E-state index is 0.0931. The van der Waals surface area contributed by atoms with E-state index in [4.69, 9.17) is 30.0 Å². The first-order chi connectivity index (χ1) is 14.5. The number of esters is 1. The number of methoxy groups -OCH3 is 1. The summed E-state index contributed by atoms with van der Waals surface area (Å²) in [6.07, 6.45) is 1.80. The van der Waals surface area contributed by atoms with Crippen LogP contribution in [0.5, 0.6) is 11.6 Å². The molecular formula is C22H16ClNO6. The van der Waals surface area contributed by atoms with Gasteiger partial charge in [-0.25, -0.2) is 0 Å². The number of carbonyl (C=O) groups excluding carboxylic acids is 1. The summed E-state index contributed by atoms with van der Waals surface area (Å²) in [6, 6.07) is 13.2. The van der Waals surface area contributed by atoms with Crippen LogP contribution < -0.4 is 14.9 Å². The van der Waals surface area contributed by atoms with Crippen LogP contribution in [0.2, 0.25) is 5.02 Å². The fourth-order valence-electron chi connectivity index (χ4n) is 2.92. The van der Waals surface area contributed by atoms with Gasteiger partial charge in [-0.3, -0.25) is 9.59 Å². The molecule has 0 saturated carbocycles. The van der Waals surface area contributed by atoms with Crippen LogP contribution in [0.1, 0.15) is 12.2 Å². The van der Waals surface area contributed by atoms with Crippen molar-refractivity contribution in [3.8, 4) is 22.8 Å². The molecule has 0 amide bonds. The molecule has 4 rings (SSSR count). The Labute approximate surface area is 175 Å². The Kier molecular flexibility index (Phi) is 5.54. The Balaban J connectivity index is 1.49. The van der Waals surface area contributed by atoms with E-state index in [-0.39, 0.29) is 17.6 Å². The minimum Gasteiger partial charge on any atom is -0.479 e. The number of aryl methyl sites for hydroxylation is 1. The molecule has 0 atom stereocenters. The third-order valence-electron chi connectivity index (χ3n) is 4.45. The summed E-state index contributed by atoms with van der Waals surface area (Å²) >= 11 is 5.90. The highest BCUT2D eigenvalue weighted by molar-refractivity contribution is 6.30. The zero-order valence-electron chi connectivity index (χ0n) is 15.9. The van der Waals surface area contributed by atoms with Gasteiger partial charge >= 0.3 is 5.97 Å². The summed E-state index contributed by atoms with van der Waals surface area (Å²) in [5.41, 5.74) is 1.26. The molecule has 2 aromatic carbocycles. The summed E-state index contributed by atoms with van der Waals surface area (Å²) in [4.78, 5) is 24.9. The summed E-state index contributed by atoms with van der Waals surface area (Å²) in [7, 11) is 1.48. The molecule has 2 aromatic heterocycles. The molecule has 0 radical (unpaired) electrons. The fourth-order valence-corrected chi connectivity index (χ4v) is 3.04. The van der Waals surface area contributed by atoms with E-state index in [1.165, 1.54) is 19.4 Å². The average Bonchev–Trinajstić information content (AvgIpc) is 3.22. The Bertz CT molecular complexity index is 1260. The summed E-state index contributed by atoms with van der Waals surface area (Å²) < 4.78 is 20.9. The van der Waals surface area contributed by atoms with E-state index in [1.54, 1.807) is 42.5 Å². The SMILES string of the molecule is COc1cc(CCC(=O)Oc2ccc3c(=O)c(-c4ccc(Cl)cc4)coc3c2)on1. The van der Waals surface area contributed by atoms with Gasteiger partial charge in [0.2, 0.25) is 0 Å². The highest BCUT2D eigenvalue weighted by Crippen LogP contribution is 2.24. The molecule has 2 heterocycles. The van der Waals surface area contributed by atoms with Crippen molar-refractivity contribution in [2.75, 3.05) is 7.11 Å². The van der Waals surface area contributed by atoms with E-state index >= 15 is 0 Å². The van der Waals surface area contributed by atoms with Crippen LogP contribution in [0, 0.1) is 0 Å². The number of carbonyl (C=O) groups is 1. The number of hydrogen-bond acceptors (Lipinski definition) is 7. The molecule has 0 bridgehead atoms. The Morgan fingerprint density at radius 1 is 1.13 bits per heavy atom. The van der Waals surface area contributed by atoms with Crippen molar-refractivity contribution in [3.63, 3.8) is 0 Å². The van der Waals surface area contributed by atoms with Crippen molar-refractivity contribution in [2.45, 2.75) is 12.8 Å². The molecule has 30 heavy (non-hydrogen) atoms. The van der Waals surface area contributed by atoms with Crippen molar-refractivity contribution in [3.05, 3.63) is 75.8 Å². The molecule has 0 spiro atoms. The standard InChI is InChI=1S/C22H16ClNO6/c1-27-20-11-16(30-24-20)7-9-21(25)29-15-6-8-17-19(10-15)28-12-18(22(17)26)13-2-4-14(23)5-3-13/h2-6,8,10-12H,7,9H2,1H3. The van der Waals surface area contributed by atoms with Gasteiger partial charge in [0.15, 0.2) is 5.43 Å². The Morgan fingerprint density at radius 3 is 2.67 bits per heavy atom. The lowest BCUT2D eigenvalue weighted by Gasteiger charge is -2.06. The van der Waals surface area contributed by atoms with Crippen molar-refractivity contribution in [1.29, 1.82) is 0 Å². The number of benzene rings is 2. The second kappa shape index (κ2) is 8.42. The average molecular weight is 426 g/mol. The van der Waals surface area contributed by atoms with Crippen molar-refractivity contribution in [1.82, 2.24) is 5.16 Å². The highest BCUT2D eigenvalue weighted by atomic mass is 35.5. The molecule has 152 valence electrons. The first-order valence-electron chi connectivity index (χ1n) is 9.05. The third-order valence-corrected chi connectivity index (χ3v) is 4.71. The van der Waals surface area contributed by atoms with E-state index in [0.29, 0.717) is 45.2 Å². The predicted molar refractivity (Wildman–Crippen MR) is 110 cm³/mol. The van der Waals surface area contributed by atoms with Crippen LogP contribution >= 0.6 is 11.6 Å². The highest BCUT2D eigenvalue weighted by Gasteiger charge is 2.13. The second-order valence-corrected chi connectivity index (χ2v) is 6.89. The van der Waals surface area contributed by atoms with Crippen molar-refractivity contribution < 1.29 is 23.2 Å². The van der Waals surface area contributed by atoms with E-state index in [9.17, 15) is 9.59 Å². The second-order valence-electron chi connectivity index (χ2n) is 6.45. The predicted octanol–water partition coefficient (Wildman–Crippen LogP) is 4.65. The molecule has 0 aliphatic carbocycles. The minimum atomic E-state index is -0.454. The van der Waals surface area contributed by atoms with Crippen LogP contribution in [0.25, 0.3) is 22.1 Å². The molecule has 0 fully saturated rings. The van der Waals surface area contributed by atoms with Gasteiger partial charge in [0.1, 0.15) is 23.4 Å². The Hall–Kier alpha value is -3.58. The number of aromatic nitrogens is 1.